The third-order valence-corrected chi connectivity index (χ3v) is 4.20. The van der Waals surface area contributed by atoms with Crippen molar-refractivity contribution in [2.45, 2.75) is 37.7 Å². The van der Waals surface area contributed by atoms with Crippen LogP contribution in [0, 0.1) is 0 Å². The highest BCUT2D eigenvalue weighted by Gasteiger charge is 2.40. The average Bonchev–Trinajstić information content (AvgIpc) is 2.41. The van der Waals surface area contributed by atoms with E-state index in [1.165, 1.54) is 0 Å². The number of carbonyl (C=O) groups excluding carboxylic acids is 1. The molecule has 0 N–H and O–H groups in total. The zero-order valence-electron chi connectivity index (χ0n) is 10.3. The summed E-state index contributed by atoms with van der Waals surface area (Å²) in [5.74, 6) is -0.0443. The van der Waals surface area contributed by atoms with Gasteiger partial charge in [-0.1, -0.05) is 42.5 Å². The molecule has 4 heteroatoms. The Labute approximate surface area is 117 Å². The molecule has 0 radical (unpaired) electrons. The summed E-state index contributed by atoms with van der Waals surface area (Å²) in [5.41, 5.74) is -0.250. The van der Waals surface area contributed by atoms with E-state index < -0.39 is 5.60 Å². The minimum atomic E-state index is -0.716. The van der Waals surface area contributed by atoms with Gasteiger partial charge in [0, 0.05) is 17.7 Å². The van der Waals surface area contributed by atoms with Crippen molar-refractivity contribution in [3.05, 3.63) is 33.8 Å². The largest absolute Gasteiger partial charge is 0.370 e. The fraction of sp³-hybridized carbons (Fsp3) is 0.500. The molecule has 0 spiro atoms. The second-order valence-electron chi connectivity index (χ2n) is 4.71. The van der Waals surface area contributed by atoms with Gasteiger partial charge in [-0.25, -0.2) is 0 Å². The van der Waals surface area contributed by atoms with Gasteiger partial charge in [0.1, 0.15) is 5.60 Å². The molecule has 0 amide bonds. The van der Waals surface area contributed by atoms with Gasteiger partial charge >= 0.3 is 0 Å². The predicted molar refractivity (Wildman–Crippen MR) is 73.6 cm³/mol. The molecule has 2 rings (SSSR count). The number of ketones is 1. The zero-order chi connectivity index (χ0) is 13.2. The van der Waals surface area contributed by atoms with E-state index in [1.54, 1.807) is 25.3 Å². The van der Waals surface area contributed by atoms with Gasteiger partial charge in [0.25, 0.3) is 0 Å². The van der Waals surface area contributed by atoms with E-state index >= 15 is 0 Å². The van der Waals surface area contributed by atoms with E-state index in [0.29, 0.717) is 15.6 Å². The number of methoxy groups -OCH3 is 1. The van der Waals surface area contributed by atoms with Gasteiger partial charge in [0.15, 0.2) is 5.78 Å². The Morgan fingerprint density at radius 2 is 1.89 bits per heavy atom. The first-order chi connectivity index (χ1) is 8.59. The van der Waals surface area contributed by atoms with Crippen molar-refractivity contribution >= 4 is 29.0 Å². The molecular formula is C14H16Cl2O2. The second kappa shape index (κ2) is 5.60. The molecule has 0 heterocycles. The Hall–Kier alpha value is -0.570. The molecule has 0 unspecified atom stereocenters. The molecule has 1 aromatic carbocycles. The molecule has 2 nitrogen and oxygen atoms in total. The first-order valence-corrected chi connectivity index (χ1v) is 6.90. The number of hydrogen-bond acceptors (Lipinski definition) is 2. The molecule has 18 heavy (non-hydrogen) atoms. The maximum absolute atomic E-state index is 12.7. The van der Waals surface area contributed by atoms with E-state index in [0.717, 1.165) is 32.1 Å². The number of ether oxygens (including phenoxy) is 1. The molecular weight excluding hydrogens is 271 g/mol. The Kier molecular flexibility index (Phi) is 4.31. The lowest BCUT2D eigenvalue weighted by molar-refractivity contribution is -0.0194. The quantitative estimate of drug-likeness (QED) is 0.764. The molecule has 1 aliphatic rings. The van der Waals surface area contributed by atoms with Crippen molar-refractivity contribution in [2.24, 2.45) is 0 Å². The predicted octanol–water partition coefficient (Wildman–Crippen LogP) is 4.53. The van der Waals surface area contributed by atoms with Crippen molar-refractivity contribution in [1.29, 1.82) is 0 Å². The lowest BCUT2D eigenvalue weighted by Crippen LogP contribution is -2.42. The monoisotopic (exact) mass is 286 g/mol. The first kappa shape index (κ1) is 13.9. The maximum Gasteiger partial charge on any atom is 0.196 e. The molecule has 0 aromatic heterocycles. The van der Waals surface area contributed by atoms with Crippen LogP contribution in [0.25, 0.3) is 0 Å². The Bertz CT molecular complexity index is 451. The van der Waals surface area contributed by atoms with Gasteiger partial charge in [-0.2, -0.15) is 0 Å². The molecule has 1 aromatic rings. The summed E-state index contributed by atoms with van der Waals surface area (Å²) in [6.07, 6.45) is 4.69. The van der Waals surface area contributed by atoms with Crippen LogP contribution in [0.3, 0.4) is 0 Å². The Morgan fingerprint density at radius 1 is 1.22 bits per heavy atom. The van der Waals surface area contributed by atoms with Crippen LogP contribution in [0.1, 0.15) is 42.5 Å². The number of Topliss-reactive ketones (excluding diaryl/α,β-unsaturated/α-hetero) is 1. The Balaban J connectivity index is 2.36. The van der Waals surface area contributed by atoms with Crippen molar-refractivity contribution < 1.29 is 9.53 Å². The highest BCUT2D eigenvalue weighted by molar-refractivity contribution is 6.36. The van der Waals surface area contributed by atoms with Crippen LogP contribution >= 0.6 is 23.2 Å². The summed E-state index contributed by atoms with van der Waals surface area (Å²) < 4.78 is 5.54. The van der Waals surface area contributed by atoms with Gasteiger partial charge in [-0.15, -0.1) is 0 Å². The van der Waals surface area contributed by atoms with E-state index in [4.69, 9.17) is 27.9 Å². The van der Waals surface area contributed by atoms with Crippen LogP contribution < -0.4 is 0 Å². The standard InChI is InChI=1S/C14H16Cl2O2/c1-18-14(7-3-2-4-8-14)13(17)11-9-10(15)5-6-12(11)16/h5-6,9H,2-4,7-8H2,1H3. The third kappa shape index (κ3) is 2.56. The fourth-order valence-electron chi connectivity index (χ4n) is 2.56. The van der Waals surface area contributed by atoms with Crippen molar-refractivity contribution in [3.8, 4) is 0 Å². The van der Waals surface area contributed by atoms with Crippen molar-refractivity contribution in [1.82, 2.24) is 0 Å². The average molecular weight is 287 g/mol. The molecule has 1 saturated carbocycles. The maximum atomic E-state index is 12.7. The van der Waals surface area contributed by atoms with Crippen LogP contribution in [0.15, 0.2) is 18.2 Å². The summed E-state index contributed by atoms with van der Waals surface area (Å²) in [6.45, 7) is 0. The van der Waals surface area contributed by atoms with Gasteiger partial charge in [-0.05, 0) is 31.0 Å². The molecule has 0 bridgehead atoms. The van der Waals surface area contributed by atoms with Crippen molar-refractivity contribution in [3.63, 3.8) is 0 Å². The lowest BCUT2D eigenvalue weighted by atomic mass is 9.79. The van der Waals surface area contributed by atoms with Crippen LogP contribution in [0.5, 0.6) is 0 Å². The number of halogens is 2. The van der Waals surface area contributed by atoms with Gasteiger partial charge in [0.2, 0.25) is 0 Å². The summed E-state index contributed by atoms with van der Waals surface area (Å²) in [5, 5.41) is 0.955. The van der Waals surface area contributed by atoms with Crippen LogP contribution in [0.4, 0.5) is 0 Å². The van der Waals surface area contributed by atoms with Crippen molar-refractivity contribution in [2.75, 3.05) is 7.11 Å². The van der Waals surface area contributed by atoms with Crippen LogP contribution in [-0.4, -0.2) is 18.5 Å². The van der Waals surface area contributed by atoms with E-state index in [2.05, 4.69) is 0 Å². The van der Waals surface area contributed by atoms with Crippen LogP contribution in [-0.2, 0) is 4.74 Å². The SMILES string of the molecule is COC1(C(=O)c2cc(Cl)ccc2Cl)CCCCC1. The van der Waals surface area contributed by atoms with Gasteiger partial charge in [0.05, 0.1) is 5.02 Å². The molecule has 98 valence electrons. The van der Waals surface area contributed by atoms with Gasteiger partial charge in [-0.3, -0.25) is 4.79 Å². The first-order valence-electron chi connectivity index (χ1n) is 6.14. The number of rotatable bonds is 3. The van der Waals surface area contributed by atoms with Gasteiger partial charge < -0.3 is 4.74 Å². The minimum Gasteiger partial charge on any atom is -0.370 e. The van der Waals surface area contributed by atoms with E-state index in [-0.39, 0.29) is 5.78 Å². The zero-order valence-corrected chi connectivity index (χ0v) is 11.9. The lowest BCUT2D eigenvalue weighted by Gasteiger charge is -2.34. The molecule has 0 aliphatic heterocycles. The summed E-state index contributed by atoms with van der Waals surface area (Å²) >= 11 is 12.0. The van der Waals surface area contributed by atoms with E-state index in [1.807, 2.05) is 0 Å². The highest BCUT2D eigenvalue weighted by Crippen LogP contribution is 2.36. The molecule has 0 saturated heterocycles. The summed E-state index contributed by atoms with van der Waals surface area (Å²) in [6, 6.07) is 4.96. The number of hydrogen-bond donors (Lipinski definition) is 0. The number of benzene rings is 1. The smallest absolute Gasteiger partial charge is 0.196 e. The minimum absolute atomic E-state index is 0.0443. The molecule has 1 fully saturated rings. The number of carbonyl (C=O) groups is 1. The normalized spacial score (nSPS) is 18.6. The second-order valence-corrected chi connectivity index (χ2v) is 5.56. The van der Waals surface area contributed by atoms with E-state index in [9.17, 15) is 4.79 Å². The Morgan fingerprint density at radius 3 is 2.50 bits per heavy atom. The third-order valence-electron chi connectivity index (χ3n) is 3.64. The molecule has 1 aliphatic carbocycles. The molecule has 0 atom stereocenters. The summed E-state index contributed by atoms with van der Waals surface area (Å²) in [7, 11) is 1.60. The summed E-state index contributed by atoms with van der Waals surface area (Å²) in [4.78, 5) is 12.7. The highest BCUT2D eigenvalue weighted by atomic mass is 35.5. The van der Waals surface area contributed by atoms with Crippen LogP contribution in [0.2, 0.25) is 10.0 Å². The fourth-order valence-corrected chi connectivity index (χ4v) is 2.94. The topological polar surface area (TPSA) is 26.3 Å².